The number of halogens is 4. The van der Waals surface area contributed by atoms with Gasteiger partial charge in [-0.05, 0) is 43.8 Å². The molecule has 37 heavy (non-hydrogen) atoms. The van der Waals surface area contributed by atoms with Gasteiger partial charge >= 0.3 is 21.1 Å². The monoisotopic (exact) mass is 687 g/mol. The summed E-state index contributed by atoms with van der Waals surface area (Å²) in [5, 5.41) is 0. The first kappa shape index (κ1) is 26.8. The molecule has 9 heteroatoms. The van der Waals surface area contributed by atoms with Crippen LogP contribution < -0.4 is 9.47 Å². The molecular weight excluding hydrogens is 667 g/mol. The summed E-state index contributed by atoms with van der Waals surface area (Å²) >= 11 is 0. The fourth-order valence-corrected chi connectivity index (χ4v) is 4.32. The van der Waals surface area contributed by atoms with Crippen LogP contribution in [-0.2, 0) is 32.9 Å². The molecule has 8 bridgehead atoms. The quantitative estimate of drug-likeness (QED) is 0.186. The van der Waals surface area contributed by atoms with Gasteiger partial charge in [0.05, 0.1) is 37.5 Å². The van der Waals surface area contributed by atoms with Crippen molar-refractivity contribution in [3.05, 3.63) is 94.3 Å². The van der Waals surface area contributed by atoms with Crippen LogP contribution in [0.15, 0.2) is 36.4 Å². The summed E-state index contributed by atoms with van der Waals surface area (Å²) in [4.78, 5) is 9.26. The van der Waals surface area contributed by atoms with E-state index in [1.807, 2.05) is 13.8 Å². The summed E-state index contributed by atoms with van der Waals surface area (Å²) in [7, 11) is 2.26. The SMILES string of the molecule is COc1c(F)c2[c-]c(c1F)-c1cccc(n1)C(C)(C)c1cccc(n1)-c1[c-]c(c(F)c(OC)c1F)C2.[Pt+2]. The van der Waals surface area contributed by atoms with E-state index in [9.17, 15) is 0 Å². The minimum atomic E-state index is -1.06. The van der Waals surface area contributed by atoms with Crippen molar-refractivity contribution in [2.75, 3.05) is 14.2 Å². The van der Waals surface area contributed by atoms with Crippen molar-refractivity contribution in [3.63, 3.8) is 0 Å². The average Bonchev–Trinajstić information content (AvgIpc) is 2.87. The van der Waals surface area contributed by atoms with Gasteiger partial charge in [-0.2, -0.15) is 0 Å². The summed E-state index contributed by atoms with van der Waals surface area (Å²) in [6, 6.07) is 15.5. The third-order valence-electron chi connectivity index (χ3n) is 6.37. The number of hydrogen-bond donors (Lipinski definition) is 0. The van der Waals surface area contributed by atoms with E-state index in [4.69, 9.17) is 9.47 Å². The number of ether oxygens (including phenoxy) is 2. The molecular formula is C28H20F4N2O2Pt. The molecule has 192 valence electrons. The van der Waals surface area contributed by atoms with Crippen LogP contribution >= 0.6 is 0 Å². The zero-order valence-corrected chi connectivity index (χ0v) is 22.5. The number of pyridine rings is 2. The van der Waals surface area contributed by atoms with Gasteiger partial charge in [-0.1, -0.05) is 46.5 Å². The Morgan fingerprint density at radius 2 is 1.11 bits per heavy atom. The van der Waals surface area contributed by atoms with Gasteiger partial charge < -0.3 is 19.4 Å². The van der Waals surface area contributed by atoms with Gasteiger partial charge in [-0.25, -0.2) is 0 Å². The van der Waals surface area contributed by atoms with Crippen LogP contribution in [0.5, 0.6) is 11.5 Å². The van der Waals surface area contributed by atoms with Gasteiger partial charge in [-0.15, -0.1) is 12.1 Å². The standard InChI is InChI=1S/C28H20F4N2O2.Pt/c1-28(2)20-9-5-7-18(33-20)16-12-14(22(29)26(35-3)24(16)31)11-15-13-17(19-8-6-10-21(28)34-19)25(32)27(36-4)23(15)30;/h5-10H,11H2,1-4H3;/q-2;+2. The van der Waals surface area contributed by atoms with Crippen LogP contribution in [0.1, 0.15) is 36.4 Å². The second-order valence-corrected chi connectivity index (χ2v) is 8.90. The van der Waals surface area contributed by atoms with E-state index < -0.39 is 46.6 Å². The zero-order valence-electron chi connectivity index (χ0n) is 20.2. The smallest absolute Gasteiger partial charge is 0.510 e. The van der Waals surface area contributed by atoms with Crippen molar-refractivity contribution in [1.29, 1.82) is 0 Å². The van der Waals surface area contributed by atoms with Gasteiger partial charge in [0, 0.05) is 16.8 Å². The third kappa shape index (κ3) is 4.31. The summed E-state index contributed by atoms with van der Waals surface area (Å²) in [5.41, 5.74) is -0.0406. The minimum absolute atomic E-state index is 0. The second kappa shape index (κ2) is 9.90. The van der Waals surface area contributed by atoms with Gasteiger partial charge in [0.2, 0.25) is 0 Å². The Kier molecular flexibility index (Phi) is 7.17. The molecule has 2 aromatic heterocycles. The number of rotatable bonds is 2. The number of aromatic nitrogens is 2. The summed E-state index contributed by atoms with van der Waals surface area (Å²) < 4.78 is 71.2. The minimum Gasteiger partial charge on any atom is -0.510 e. The molecule has 5 rings (SSSR count). The molecule has 0 radical (unpaired) electrons. The molecule has 4 nitrogen and oxygen atoms in total. The first-order valence-electron chi connectivity index (χ1n) is 11.1. The van der Waals surface area contributed by atoms with Crippen LogP contribution in [0.4, 0.5) is 17.6 Å². The molecule has 0 atom stereocenters. The average molecular weight is 688 g/mol. The van der Waals surface area contributed by atoms with Crippen molar-refractivity contribution < 1.29 is 48.1 Å². The summed E-state index contributed by atoms with van der Waals surface area (Å²) in [6.45, 7) is 3.73. The van der Waals surface area contributed by atoms with E-state index in [-0.39, 0.29) is 54.7 Å². The van der Waals surface area contributed by atoms with Crippen LogP contribution in [0.25, 0.3) is 22.5 Å². The Bertz CT molecular complexity index is 1410. The molecule has 0 fully saturated rings. The molecule has 0 unspecified atom stereocenters. The molecule has 0 N–H and O–H groups in total. The van der Waals surface area contributed by atoms with E-state index in [0.717, 1.165) is 14.2 Å². The molecule has 3 heterocycles. The van der Waals surface area contributed by atoms with Crippen LogP contribution in [0, 0.1) is 35.4 Å². The summed E-state index contributed by atoms with van der Waals surface area (Å²) in [5.74, 6) is -5.40. The van der Waals surface area contributed by atoms with E-state index in [2.05, 4.69) is 22.1 Å². The molecule has 0 amide bonds. The maximum absolute atomic E-state index is 15.3. The van der Waals surface area contributed by atoms with Gasteiger partial charge in [-0.3, -0.25) is 17.6 Å². The number of hydrogen-bond acceptors (Lipinski definition) is 4. The van der Waals surface area contributed by atoms with Crippen molar-refractivity contribution in [2.45, 2.75) is 25.7 Å². The van der Waals surface area contributed by atoms with E-state index in [0.29, 0.717) is 11.4 Å². The number of nitrogens with zero attached hydrogens (tertiary/aromatic N) is 2. The van der Waals surface area contributed by atoms with E-state index in [1.165, 1.54) is 0 Å². The first-order valence-corrected chi connectivity index (χ1v) is 11.1. The third-order valence-corrected chi connectivity index (χ3v) is 6.37. The largest absolute Gasteiger partial charge is 2.00 e. The zero-order chi connectivity index (χ0) is 25.8. The fourth-order valence-electron chi connectivity index (χ4n) is 4.32. The molecule has 1 aliphatic heterocycles. The van der Waals surface area contributed by atoms with Crippen molar-refractivity contribution >= 4 is 0 Å². The maximum Gasteiger partial charge on any atom is 2.00 e. The van der Waals surface area contributed by atoms with Gasteiger partial charge in [0.15, 0.2) is 0 Å². The molecule has 0 saturated heterocycles. The van der Waals surface area contributed by atoms with E-state index >= 15 is 17.6 Å². The molecule has 1 aliphatic rings. The normalized spacial score (nSPS) is 13.3. The Labute approximate surface area is 226 Å². The molecule has 2 aromatic carbocycles. The second-order valence-electron chi connectivity index (χ2n) is 8.90. The Balaban J connectivity index is 0.00000320. The fraction of sp³-hybridized carbons (Fsp3) is 0.214. The topological polar surface area (TPSA) is 44.2 Å². The molecule has 0 spiro atoms. The Morgan fingerprint density at radius 3 is 1.49 bits per heavy atom. The predicted molar refractivity (Wildman–Crippen MR) is 125 cm³/mol. The molecule has 0 aliphatic carbocycles. The van der Waals surface area contributed by atoms with Crippen molar-refractivity contribution in [3.8, 4) is 34.0 Å². The van der Waals surface area contributed by atoms with Crippen molar-refractivity contribution in [1.82, 2.24) is 9.97 Å². The van der Waals surface area contributed by atoms with Crippen LogP contribution in [0.2, 0.25) is 0 Å². The number of methoxy groups -OCH3 is 2. The summed E-state index contributed by atoms with van der Waals surface area (Å²) in [6.07, 6.45) is -0.435. The van der Waals surface area contributed by atoms with Gasteiger partial charge in [0.25, 0.3) is 0 Å². The molecule has 4 aromatic rings. The Morgan fingerprint density at radius 1 is 0.703 bits per heavy atom. The van der Waals surface area contributed by atoms with Crippen LogP contribution in [-0.4, -0.2) is 24.2 Å². The number of benzene rings is 2. The predicted octanol–water partition coefficient (Wildman–Crippen LogP) is 6.21. The maximum atomic E-state index is 15.3. The van der Waals surface area contributed by atoms with E-state index in [1.54, 1.807) is 36.4 Å². The number of fused-ring (bicyclic) bond motifs is 10. The first-order chi connectivity index (χ1) is 17.2. The molecule has 0 saturated carbocycles. The van der Waals surface area contributed by atoms with Crippen LogP contribution in [0.3, 0.4) is 0 Å². The Hall–Kier alpha value is -3.25. The van der Waals surface area contributed by atoms with Gasteiger partial charge in [0.1, 0.15) is 11.5 Å². The van der Waals surface area contributed by atoms with Crippen molar-refractivity contribution in [2.24, 2.45) is 0 Å².